The zero-order valence-electron chi connectivity index (χ0n) is 13.0. The van der Waals surface area contributed by atoms with Crippen molar-refractivity contribution in [3.8, 4) is 0 Å². The van der Waals surface area contributed by atoms with Crippen molar-refractivity contribution >= 4 is 17.5 Å². The third-order valence-corrected chi connectivity index (χ3v) is 3.93. The Kier molecular flexibility index (Phi) is 4.41. The largest absolute Gasteiger partial charge is 0.353 e. The third kappa shape index (κ3) is 3.26. The molecule has 1 aliphatic heterocycles. The van der Waals surface area contributed by atoms with Crippen molar-refractivity contribution in [1.29, 1.82) is 0 Å². The second kappa shape index (κ2) is 6.64. The van der Waals surface area contributed by atoms with Gasteiger partial charge < -0.3 is 10.2 Å². The molecular formula is C17H19FN4O. The summed E-state index contributed by atoms with van der Waals surface area (Å²) in [5, 5.41) is 2.88. The minimum atomic E-state index is -0.282. The van der Waals surface area contributed by atoms with Gasteiger partial charge in [-0.25, -0.2) is 14.2 Å². The maximum atomic E-state index is 12.9. The lowest BCUT2D eigenvalue weighted by Gasteiger charge is -2.36. The summed E-state index contributed by atoms with van der Waals surface area (Å²) >= 11 is 0. The van der Waals surface area contributed by atoms with Gasteiger partial charge in [0, 0.05) is 32.4 Å². The zero-order valence-corrected chi connectivity index (χ0v) is 13.0. The predicted octanol–water partition coefficient (Wildman–Crippen LogP) is 2.78. The van der Waals surface area contributed by atoms with E-state index in [2.05, 4.69) is 22.1 Å². The van der Waals surface area contributed by atoms with Crippen LogP contribution in [0.4, 0.5) is 20.7 Å². The van der Waals surface area contributed by atoms with Gasteiger partial charge >= 0.3 is 6.03 Å². The number of likely N-dealkylation sites (N-methyl/N-ethyl adjacent to an activating group) is 1. The van der Waals surface area contributed by atoms with Crippen LogP contribution >= 0.6 is 0 Å². The number of rotatable bonds is 3. The molecule has 0 spiro atoms. The van der Waals surface area contributed by atoms with E-state index in [4.69, 9.17) is 0 Å². The number of carbonyl (C=O) groups is 1. The standard InChI is InChI=1S/C17H19FN4O/c1-2-21-10-11-22(15-4-3-9-19-16(15)21)17(23)20-12-13-5-7-14(18)8-6-13/h3-9H,2,10-12H2,1H3,(H,20,23). The smallest absolute Gasteiger partial charge is 0.322 e. The maximum Gasteiger partial charge on any atom is 0.322 e. The molecule has 1 aliphatic rings. The molecule has 0 aliphatic carbocycles. The molecule has 2 aromatic rings. The molecule has 3 rings (SSSR count). The predicted molar refractivity (Wildman–Crippen MR) is 88.1 cm³/mol. The summed E-state index contributed by atoms with van der Waals surface area (Å²) in [5.74, 6) is 0.550. The Bertz CT molecular complexity index is 689. The van der Waals surface area contributed by atoms with Crippen LogP contribution in [0.15, 0.2) is 42.6 Å². The molecule has 1 aromatic carbocycles. The zero-order chi connectivity index (χ0) is 16.2. The summed E-state index contributed by atoms with van der Waals surface area (Å²) in [6.45, 7) is 4.66. The number of urea groups is 1. The van der Waals surface area contributed by atoms with Crippen LogP contribution in [0.25, 0.3) is 0 Å². The number of anilines is 2. The lowest BCUT2D eigenvalue weighted by molar-refractivity contribution is 0.245. The van der Waals surface area contributed by atoms with Crippen molar-refractivity contribution in [2.24, 2.45) is 0 Å². The molecule has 6 heteroatoms. The number of hydrogen-bond acceptors (Lipinski definition) is 3. The van der Waals surface area contributed by atoms with Gasteiger partial charge in [0.25, 0.3) is 0 Å². The summed E-state index contributed by atoms with van der Waals surface area (Å²) in [6, 6.07) is 9.68. The average Bonchev–Trinajstić information content (AvgIpc) is 2.60. The number of nitrogens with one attached hydrogen (secondary N) is 1. The first-order valence-corrected chi connectivity index (χ1v) is 7.69. The van der Waals surface area contributed by atoms with Crippen molar-refractivity contribution in [2.45, 2.75) is 13.5 Å². The quantitative estimate of drug-likeness (QED) is 0.948. The number of nitrogens with zero attached hydrogens (tertiary/aromatic N) is 3. The van der Waals surface area contributed by atoms with Gasteiger partial charge in [0.2, 0.25) is 0 Å². The fourth-order valence-electron chi connectivity index (χ4n) is 2.68. The summed E-state index contributed by atoms with van der Waals surface area (Å²) in [7, 11) is 0. The Morgan fingerprint density at radius 3 is 2.78 bits per heavy atom. The van der Waals surface area contributed by atoms with E-state index in [0.29, 0.717) is 13.1 Å². The third-order valence-electron chi connectivity index (χ3n) is 3.93. The lowest BCUT2D eigenvalue weighted by atomic mass is 10.2. The molecule has 0 saturated carbocycles. The van der Waals surface area contributed by atoms with Gasteiger partial charge in [-0.2, -0.15) is 0 Å². The van der Waals surface area contributed by atoms with Crippen LogP contribution in [-0.4, -0.2) is 30.6 Å². The summed E-state index contributed by atoms with van der Waals surface area (Å²) in [5.41, 5.74) is 1.68. The molecule has 2 heterocycles. The number of halogens is 1. The minimum absolute atomic E-state index is 0.167. The molecule has 23 heavy (non-hydrogen) atoms. The Labute approximate surface area is 134 Å². The SMILES string of the molecule is CCN1CCN(C(=O)NCc2ccc(F)cc2)c2cccnc21. The highest BCUT2D eigenvalue weighted by Gasteiger charge is 2.26. The average molecular weight is 314 g/mol. The molecule has 0 bridgehead atoms. The summed E-state index contributed by atoms with van der Waals surface area (Å²) in [6.07, 6.45) is 1.74. The van der Waals surface area contributed by atoms with Crippen LogP contribution in [0.1, 0.15) is 12.5 Å². The number of fused-ring (bicyclic) bond motifs is 1. The molecule has 2 amide bonds. The van der Waals surface area contributed by atoms with Gasteiger partial charge in [0.05, 0.1) is 5.69 Å². The Balaban J connectivity index is 1.71. The number of carbonyl (C=O) groups excluding carboxylic acids is 1. The van der Waals surface area contributed by atoms with E-state index in [-0.39, 0.29) is 11.8 Å². The number of pyridine rings is 1. The molecular weight excluding hydrogens is 295 g/mol. The van der Waals surface area contributed by atoms with Gasteiger partial charge in [0.15, 0.2) is 5.82 Å². The highest BCUT2D eigenvalue weighted by molar-refractivity contribution is 5.95. The van der Waals surface area contributed by atoms with Gasteiger partial charge in [-0.1, -0.05) is 12.1 Å². The van der Waals surface area contributed by atoms with Crippen molar-refractivity contribution in [3.05, 3.63) is 54.0 Å². The van der Waals surface area contributed by atoms with Gasteiger partial charge in [-0.05, 0) is 36.8 Å². The van der Waals surface area contributed by atoms with E-state index in [1.165, 1.54) is 12.1 Å². The first-order valence-electron chi connectivity index (χ1n) is 7.69. The van der Waals surface area contributed by atoms with Crippen LogP contribution < -0.4 is 15.1 Å². The van der Waals surface area contributed by atoms with E-state index in [1.807, 2.05) is 12.1 Å². The molecule has 0 unspecified atom stereocenters. The van der Waals surface area contributed by atoms with Crippen LogP contribution in [0.5, 0.6) is 0 Å². The monoisotopic (exact) mass is 314 g/mol. The molecule has 1 aromatic heterocycles. The molecule has 5 nitrogen and oxygen atoms in total. The van der Waals surface area contributed by atoms with Crippen LogP contribution in [0, 0.1) is 5.82 Å². The molecule has 0 fully saturated rings. The first kappa shape index (κ1) is 15.3. The number of aromatic nitrogens is 1. The summed E-state index contributed by atoms with van der Waals surface area (Å²) < 4.78 is 12.9. The second-order valence-corrected chi connectivity index (χ2v) is 5.36. The first-order chi connectivity index (χ1) is 11.2. The fraction of sp³-hybridized carbons (Fsp3) is 0.294. The summed E-state index contributed by atoms with van der Waals surface area (Å²) in [4.78, 5) is 20.7. The van der Waals surface area contributed by atoms with Crippen LogP contribution in [-0.2, 0) is 6.54 Å². The van der Waals surface area contributed by atoms with Gasteiger partial charge in [-0.15, -0.1) is 0 Å². The van der Waals surface area contributed by atoms with Gasteiger partial charge in [-0.3, -0.25) is 4.90 Å². The van der Waals surface area contributed by atoms with Crippen LogP contribution in [0.2, 0.25) is 0 Å². The molecule has 0 saturated heterocycles. The number of benzene rings is 1. The van der Waals surface area contributed by atoms with E-state index in [0.717, 1.165) is 30.2 Å². The van der Waals surface area contributed by atoms with E-state index in [9.17, 15) is 9.18 Å². The Hall–Kier alpha value is -2.63. The molecule has 0 radical (unpaired) electrons. The maximum absolute atomic E-state index is 12.9. The second-order valence-electron chi connectivity index (χ2n) is 5.36. The Morgan fingerprint density at radius 2 is 2.04 bits per heavy atom. The minimum Gasteiger partial charge on any atom is -0.353 e. The highest BCUT2D eigenvalue weighted by Crippen LogP contribution is 2.30. The molecule has 1 N–H and O–H groups in total. The fourth-order valence-corrected chi connectivity index (χ4v) is 2.68. The molecule has 0 atom stereocenters. The van der Waals surface area contributed by atoms with Gasteiger partial charge in [0.1, 0.15) is 5.82 Å². The molecule has 120 valence electrons. The van der Waals surface area contributed by atoms with E-state index >= 15 is 0 Å². The Morgan fingerprint density at radius 1 is 1.26 bits per heavy atom. The van der Waals surface area contributed by atoms with Crippen LogP contribution in [0.3, 0.4) is 0 Å². The normalized spacial score (nSPS) is 13.7. The number of amides is 2. The van der Waals surface area contributed by atoms with Crippen molar-refractivity contribution in [2.75, 3.05) is 29.4 Å². The lowest BCUT2D eigenvalue weighted by Crippen LogP contribution is -2.48. The highest BCUT2D eigenvalue weighted by atomic mass is 19.1. The van der Waals surface area contributed by atoms with Crippen molar-refractivity contribution < 1.29 is 9.18 Å². The van der Waals surface area contributed by atoms with E-state index < -0.39 is 0 Å². The number of hydrogen-bond donors (Lipinski definition) is 1. The topological polar surface area (TPSA) is 48.5 Å². The van der Waals surface area contributed by atoms with Crippen molar-refractivity contribution in [3.63, 3.8) is 0 Å². The van der Waals surface area contributed by atoms with Crippen molar-refractivity contribution in [1.82, 2.24) is 10.3 Å². The van der Waals surface area contributed by atoms with E-state index in [1.54, 1.807) is 23.2 Å².